The first-order chi connectivity index (χ1) is 7.53. The summed E-state index contributed by atoms with van der Waals surface area (Å²) in [6.07, 6.45) is 0.662. The molecule has 0 saturated carbocycles. The molecular weight excluding hydrogens is 210 g/mol. The van der Waals surface area contributed by atoms with Crippen LogP contribution in [0.15, 0.2) is 0 Å². The first-order valence-corrected chi connectivity index (χ1v) is 5.91. The van der Waals surface area contributed by atoms with Crippen molar-refractivity contribution in [3.8, 4) is 0 Å². The summed E-state index contributed by atoms with van der Waals surface area (Å²) in [7, 11) is 0. The van der Waals surface area contributed by atoms with E-state index in [1.165, 1.54) is 0 Å². The van der Waals surface area contributed by atoms with Crippen LogP contribution in [-0.2, 0) is 9.47 Å². The quantitative estimate of drug-likeness (QED) is 0.615. The third-order valence-corrected chi connectivity index (χ3v) is 3.20. The molecule has 0 spiro atoms. The zero-order valence-corrected chi connectivity index (χ0v) is 9.85. The Bertz CT molecular complexity index is 246. The van der Waals surface area contributed by atoms with E-state index in [4.69, 9.17) is 14.6 Å². The smallest absolute Gasteiger partial charge is 0.163 e. The summed E-state index contributed by atoms with van der Waals surface area (Å²) in [4.78, 5) is 0. The molecule has 0 aliphatic carbocycles. The Kier molecular flexibility index (Phi) is 3.51. The summed E-state index contributed by atoms with van der Waals surface area (Å²) in [6, 6.07) is -0.0849. The van der Waals surface area contributed by atoms with Crippen LogP contribution in [-0.4, -0.2) is 53.5 Å². The highest BCUT2D eigenvalue weighted by molar-refractivity contribution is 5.00. The molecule has 16 heavy (non-hydrogen) atoms. The Morgan fingerprint density at radius 1 is 1.44 bits per heavy atom. The molecular formula is C11H21NO4. The second kappa shape index (κ2) is 4.58. The summed E-state index contributed by atoms with van der Waals surface area (Å²) in [5.74, 6) is -0.549. The van der Waals surface area contributed by atoms with E-state index in [0.717, 1.165) is 6.54 Å². The number of rotatable bonds is 4. The van der Waals surface area contributed by atoms with E-state index < -0.39 is 11.9 Å². The standard InChI is InChI=1S/C11H21NO4/c1-11(2)15-8-6-12-9(10(8)16-11)7(14)4-3-5-13/h7-10,12-14H,3-6H2,1-2H3/t7-,8-,9-,10-/m1/s1. The van der Waals surface area contributed by atoms with Crippen LogP contribution in [0, 0.1) is 0 Å². The summed E-state index contributed by atoms with van der Waals surface area (Å²) >= 11 is 0. The summed E-state index contributed by atoms with van der Waals surface area (Å²) < 4.78 is 11.5. The van der Waals surface area contributed by atoms with E-state index >= 15 is 0 Å². The lowest BCUT2D eigenvalue weighted by molar-refractivity contribution is -0.156. The molecule has 4 atom stereocenters. The highest BCUT2D eigenvalue weighted by Gasteiger charge is 2.50. The molecule has 2 rings (SSSR count). The fraction of sp³-hybridized carbons (Fsp3) is 1.00. The van der Waals surface area contributed by atoms with Gasteiger partial charge in [0.2, 0.25) is 0 Å². The number of fused-ring (bicyclic) bond motifs is 1. The maximum absolute atomic E-state index is 9.99. The van der Waals surface area contributed by atoms with Gasteiger partial charge in [-0.25, -0.2) is 0 Å². The van der Waals surface area contributed by atoms with E-state index in [1.54, 1.807) is 0 Å². The van der Waals surface area contributed by atoms with Gasteiger partial charge in [0, 0.05) is 13.2 Å². The molecule has 2 heterocycles. The van der Waals surface area contributed by atoms with Crippen molar-refractivity contribution in [2.24, 2.45) is 0 Å². The number of ether oxygens (including phenoxy) is 2. The normalized spacial score (nSPS) is 38.6. The Morgan fingerprint density at radius 2 is 2.19 bits per heavy atom. The van der Waals surface area contributed by atoms with Gasteiger partial charge in [0.05, 0.1) is 12.1 Å². The van der Waals surface area contributed by atoms with Gasteiger partial charge in [-0.15, -0.1) is 0 Å². The van der Waals surface area contributed by atoms with Gasteiger partial charge in [0.25, 0.3) is 0 Å². The van der Waals surface area contributed by atoms with Gasteiger partial charge >= 0.3 is 0 Å². The van der Waals surface area contributed by atoms with Crippen LogP contribution in [0.4, 0.5) is 0 Å². The number of hydrogen-bond acceptors (Lipinski definition) is 5. The van der Waals surface area contributed by atoms with Gasteiger partial charge in [-0.2, -0.15) is 0 Å². The average Bonchev–Trinajstić information content (AvgIpc) is 2.69. The molecule has 94 valence electrons. The van der Waals surface area contributed by atoms with Crippen molar-refractivity contribution in [2.45, 2.75) is 56.8 Å². The third kappa shape index (κ3) is 2.38. The molecule has 2 aliphatic heterocycles. The van der Waals surface area contributed by atoms with Gasteiger partial charge in [0.1, 0.15) is 12.2 Å². The van der Waals surface area contributed by atoms with Crippen LogP contribution in [0.5, 0.6) is 0 Å². The molecule has 2 aliphatic rings. The average molecular weight is 231 g/mol. The van der Waals surface area contributed by atoms with Gasteiger partial charge in [-0.05, 0) is 26.7 Å². The van der Waals surface area contributed by atoms with Crippen molar-refractivity contribution >= 4 is 0 Å². The molecule has 0 bridgehead atoms. The number of aliphatic hydroxyl groups is 2. The minimum absolute atomic E-state index is 0.0313. The Labute approximate surface area is 95.7 Å². The first kappa shape index (κ1) is 12.3. The minimum atomic E-state index is -0.549. The van der Waals surface area contributed by atoms with Gasteiger partial charge < -0.3 is 25.0 Å². The SMILES string of the molecule is CC1(C)O[C@H]2[C@@H]([C@H](O)CCCO)NC[C@H]2O1. The molecule has 2 saturated heterocycles. The first-order valence-electron chi connectivity index (χ1n) is 5.91. The lowest BCUT2D eigenvalue weighted by Gasteiger charge is -2.25. The van der Waals surface area contributed by atoms with E-state index in [0.29, 0.717) is 12.8 Å². The van der Waals surface area contributed by atoms with E-state index in [2.05, 4.69) is 5.32 Å². The van der Waals surface area contributed by atoms with Crippen LogP contribution >= 0.6 is 0 Å². The van der Waals surface area contributed by atoms with Crippen LogP contribution < -0.4 is 5.32 Å². The van der Waals surface area contributed by atoms with Gasteiger partial charge in [-0.1, -0.05) is 0 Å². The predicted octanol–water partition coefficient (Wildman–Crippen LogP) is -0.388. The second-order valence-corrected chi connectivity index (χ2v) is 5.01. The highest BCUT2D eigenvalue weighted by Crippen LogP contribution is 2.34. The van der Waals surface area contributed by atoms with Crippen molar-refractivity contribution in [1.82, 2.24) is 5.32 Å². The zero-order valence-electron chi connectivity index (χ0n) is 9.85. The topological polar surface area (TPSA) is 71.0 Å². The van der Waals surface area contributed by atoms with Crippen LogP contribution in [0.2, 0.25) is 0 Å². The molecule has 0 aromatic carbocycles. The molecule has 5 heteroatoms. The van der Waals surface area contributed by atoms with Crippen molar-refractivity contribution in [3.63, 3.8) is 0 Å². The van der Waals surface area contributed by atoms with Gasteiger partial charge in [0.15, 0.2) is 5.79 Å². The van der Waals surface area contributed by atoms with Crippen molar-refractivity contribution < 1.29 is 19.7 Å². The Hall–Kier alpha value is -0.200. The van der Waals surface area contributed by atoms with Gasteiger partial charge in [-0.3, -0.25) is 0 Å². The van der Waals surface area contributed by atoms with Crippen molar-refractivity contribution in [2.75, 3.05) is 13.2 Å². The summed E-state index contributed by atoms with van der Waals surface area (Å²) in [5.41, 5.74) is 0. The Balaban J connectivity index is 1.92. The molecule has 5 nitrogen and oxygen atoms in total. The molecule has 3 N–H and O–H groups in total. The monoisotopic (exact) mass is 231 g/mol. The Morgan fingerprint density at radius 3 is 2.88 bits per heavy atom. The molecule has 0 radical (unpaired) electrons. The van der Waals surface area contributed by atoms with E-state index in [9.17, 15) is 5.11 Å². The lowest BCUT2D eigenvalue weighted by Crippen LogP contribution is -2.44. The fourth-order valence-corrected chi connectivity index (χ4v) is 2.53. The highest BCUT2D eigenvalue weighted by atomic mass is 16.8. The maximum Gasteiger partial charge on any atom is 0.163 e. The molecule has 0 aromatic rings. The second-order valence-electron chi connectivity index (χ2n) is 5.01. The minimum Gasteiger partial charge on any atom is -0.396 e. The van der Waals surface area contributed by atoms with Crippen LogP contribution in [0.1, 0.15) is 26.7 Å². The largest absolute Gasteiger partial charge is 0.396 e. The number of nitrogens with one attached hydrogen (secondary N) is 1. The predicted molar refractivity (Wildman–Crippen MR) is 57.9 cm³/mol. The van der Waals surface area contributed by atoms with Crippen molar-refractivity contribution in [1.29, 1.82) is 0 Å². The number of hydrogen-bond donors (Lipinski definition) is 3. The summed E-state index contributed by atoms with van der Waals surface area (Å²) in [6.45, 7) is 4.61. The molecule has 0 amide bonds. The molecule has 0 unspecified atom stereocenters. The van der Waals surface area contributed by atoms with E-state index in [-0.39, 0.29) is 24.9 Å². The number of aliphatic hydroxyl groups excluding tert-OH is 2. The third-order valence-electron chi connectivity index (χ3n) is 3.20. The van der Waals surface area contributed by atoms with Crippen LogP contribution in [0.3, 0.4) is 0 Å². The fourth-order valence-electron chi connectivity index (χ4n) is 2.53. The van der Waals surface area contributed by atoms with Crippen LogP contribution in [0.25, 0.3) is 0 Å². The maximum atomic E-state index is 9.99. The summed E-state index contributed by atoms with van der Waals surface area (Å²) in [5, 5.41) is 22.0. The molecule has 0 aromatic heterocycles. The van der Waals surface area contributed by atoms with E-state index in [1.807, 2.05) is 13.8 Å². The molecule has 2 fully saturated rings. The van der Waals surface area contributed by atoms with Crippen molar-refractivity contribution in [3.05, 3.63) is 0 Å². The zero-order chi connectivity index (χ0) is 11.8. The lowest BCUT2D eigenvalue weighted by atomic mass is 10.0.